The van der Waals surface area contributed by atoms with Crippen LogP contribution in [0.15, 0.2) is 0 Å². The van der Waals surface area contributed by atoms with Crippen LogP contribution >= 0.6 is 0 Å². The second-order valence-corrected chi connectivity index (χ2v) is 6.82. The monoisotopic (exact) mass is 214 g/mol. The van der Waals surface area contributed by atoms with Crippen molar-refractivity contribution in [3.63, 3.8) is 0 Å². The molecule has 0 aliphatic heterocycles. The molecule has 5 heteroatoms. The molecule has 0 N–H and O–H groups in total. The van der Waals surface area contributed by atoms with Crippen molar-refractivity contribution in [3.8, 4) is 0 Å². The van der Waals surface area contributed by atoms with E-state index in [0.29, 0.717) is 6.61 Å². The third-order valence-electron chi connectivity index (χ3n) is 1.07. The van der Waals surface area contributed by atoms with Gasteiger partial charge in [-0.3, -0.25) is 0 Å². The van der Waals surface area contributed by atoms with Gasteiger partial charge in [-0.1, -0.05) is 0 Å². The summed E-state index contributed by atoms with van der Waals surface area (Å²) in [6.45, 7) is 2.42. The molecule has 0 aliphatic rings. The quantitative estimate of drug-likeness (QED) is 0.609. The van der Waals surface area contributed by atoms with Gasteiger partial charge in [-0.2, -0.15) is 0 Å². The van der Waals surface area contributed by atoms with Crippen LogP contribution in [-0.4, -0.2) is 42.9 Å². The first-order chi connectivity index (χ1) is 4.74. The van der Waals surface area contributed by atoms with E-state index in [1.807, 2.05) is 6.92 Å². The average molecular weight is 214 g/mol. The predicted octanol–water partition coefficient (Wildman–Crippen LogP) is 0.130. The van der Waals surface area contributed by atoms with E-state index in [1.54, 1.807) is 0 Å². The first-order valence-corrected chi connectivity index (χ1v) is 6.46. The summed E-state index contributed by atoms with van der Waals surface area (Å²) in [5, 5.41) is 0. The van der Waals surface area contributed by atoms with Crippen molar-refractivity contribution in [2.24, 2.45) is 0 Å². The minimum atomic E-state index is -3.20. The van der Waals surface area contributed by atoms with Crippen LogP contribution in [-0.2, 0) is 14.9 Å². The Bertz CT molecular complexity index is 75.5. The first-order valence-electron chi connectivity index (χ1n) is 3.04. The fourth-order valence-electron chi connectivity index (χ4n) is 0.604. The summed E-state index contributed by atoms with van der Waals surface area (Å²) in [7, 11) is 4.59. The zero-order valence-corrected chi connectivity index (χ0v) is 8.94. The molecule has 4 nitrogen and oxygen atoms in total. The van der Waals surface area contributed by atoms with Gasteiger partial charge in [-0.25, -0.2) is 0 Å². The number of hydrogen-bond acceptors (Lipinski definition) is 4. The minimum absolute atomic E-state index is 0.551. The van der Waals surface area contributed by atoms with Crippen molar-refractivity contribution < 1.29 is 14.9 Å². The second kappa shape index (κ2) is 5.10. The van der Waals surface area contributed by atoms with E-state index in [4.69, 9.17) is 14.9 Å². The Morgan fingerprint density at radius 1 is 1.00 bits per heavy atom. The predicted molar refractivity (Wildman–Crippen MR) is 39.8 cm³/mol. The molecular weight excluding hydrogens is 199 g/mol. The molecule has 0 aliphatic carbocycles. The van der Waals surface area contributed by atoms with E-state index < -0.39 is 14.9 Å². The van der Waals surface area contributed by atoms with E-state index in [9.17, 15) is 0 Å². The Morgan fingerprint density at radius 2 is 1.40 bits per heavy atom. The molecular formula is C5H15AsO4. The van der Waals surface area contributed by atoms with Crippen molar-refractivity contribution in [3.05, 3.63) is 0 Å². The van der Waals surface area contributed by atoms with Crippen molar-refractivity contribution in [2.75, 3.05) is 27.9 Å². The Morgan fingerprint density at radius 3 is 1.50 bits per heavy atom. The topological polar surface area (TPSA) is 36.9 Å². The summed E-state index contributed by atoms with van der Waals surface area (Å²) in [6, 6.07) is 0. The van der Waals surface area contributed by atoms with E-state index in [0.717, 1.165) is 0 Å². The SMILES string of the molecule is CCO[AsH](OC)(OC)OC. The Labute approximate surface area is 65.3 Å². The van der Waals surface area contributed by atoms with Gasteiger partial charge in [0.1, 0.15) is 0 Å². The summed E-state index contributed by atoms with van der Waals surface area (Å²) in [6.07, 6.45) is 0. The van der Waals surface area contributed by atoms with Crippen LogP contribution in [0.3, 0.4) is 0 Å². The molecule has 0 heterocycles. The third kappa shape index (κ3) is 2.56. The molecule has 0 unspecified atom stereocenters. The van der Waals surface area contributed by atoms with Crippen molar-refractivity contribution >= 4 is 14.9 Å². The normalized spacial score (nSPS) is 13.6. The van der Waals surface area contributed by atoms with Crippen molar-refractivity contribution in [2.45, 2.75) is 6.92 Å². The molecule has 0 fully saturated rings. The molecule has 0 aromatic heterocycles. The van der Waals surface area contributed by atoms with Gasteiger partial charge >= 0.3 is 64.7 Å². The molecule has 0 saturated carbocycles. The molecule has 10 heavy (non-hydrogen) atoms. The van der Waals surface area contributed by atoms with Gasteiger partial charge in [-0.05, 0) is 0 Å². The molecule has 0 saturated heterocycles. The molecule has 0 aromatic carbocycles. The van der Waals surface area contributed by atoms with Crippen LogP contribution < -0.4 is 0 Å². The maximum atomic E-state index is 5.20. The average Bonchev–Trinajstić information content (AvgIpc) is 2.01. The van der Waals surface area contributed by atoms with Gasteiger partial charge in [0.05, 0.1) is 0 Å². The van der Waals surface area contributed by atoms with Crippen molar-refractivity contribution in [1.82, 2.24) is 0 Å². The molecule has 0 radical (unpaired) electrons. The van der Waals surface area contributed by atoms with E-state index in [2.05, 4.69) is 0 Å². The van der Waals surface area contributed by atoms with Gasteiger partial charge in [0.25, 0.3) is 0 Å². The summed E-state index contributed by atoms with van der Waals surface area (Å²) >= 11 is -3.20. The molecule has 0 atom stereocenters. The van der Waals surface area contributed by atoms with Crippen molar-refractivity contribution in [1.29, 1.82) is 0 Å². The maximum absolute atomic E-state index is 5.20. The van der Waals surface area contributed by atoms with E-state index in [1.165, 1.54) is 21.3 Å². The summed E-state index contributed by atoms with van der Waals surface area (Å²) in [4.78, 5) is 0. The summed E-state index contributed by atoms with van der Waals surface area (Å²) in [5.74, 6) is 0. The fraction of sp³-hybridized carbons (Fsp3) is 1.00. The molecule has 0 aromatic rings. The summed E-state index contributed by atoms with van der Waals surface area (Å²) < 4.78 is 20.2. The van der Waals surface area contributed by atoms with Gasteiger partial charge in [-0.15, -0.1) is 0 Å². The van der Waals surface area contributed by atoms with E-state index >= 15 is 0 Å². The van der Waals surface area contributed by atoms with E-state index in [-0.39, 0.29) is 0 Å². The number of rotatable bonds is 5. The molecule has 64 valence electrons. The van der Waals surface area contributed by atoms with Gasteiger partial charge < -0.3 is 0 Å². The van der Waals surface area contributed by atoms with Gasteiger partial charge in [0.2, 0.25) is 0 Å². The Hall–Kier alpha value is 0.398. The Kier molecular flexibility index (Phi) is 5.31. The molecule has 0 amide bonds. The Balaban J connectivity index is 3.87. The molecule has 0 spiro atoms. The van der Waals surface area contributed by atoms with Gasteiger partial charge in [0.15, 0.2) is 0 Å². The fourth-order valence-corrected chi connectivity index (χ4v) is 3.14. The number of hydrogen-bond donors (Lipinski definition) is 0. The van der Waals surface area contributed by atoms with Crippen LogP contribution in [0.25, 0.3) is 0 Å². The zero-order valence-electron chi connectivity index (χ0n) is 6.84. The first kappa shape index (κ1) is 10.4. The van der Waals surface area contributed by atoms with Crippen LogP contribution in [0.4, 0.5) is 0 Å². The summed E-state index contributed by atoms with van der Waals surface area (Å²) in [5.41, 5.74) is 0. The van der Waals surface area contributed by atoms with Crippen LogP contribution in [0, 0.1) is 0 Å². The van der Waals surface area contributed by atoms with Crippen LogP contribution in [0.2, 0.25) is 0 Å². The standard InChI is InChI=1S/C5H15AsO4/c1-5-10-6(7-2,8-3)9-4/h6H,5H2,1-4H3. The van der Waals surface area contributed by atoms with Gasteiger partial charge in [0, 0.05) is 0 Å². The third-order valence-corrected chi connectivity index (χ3v) is 5.57. The second-order valence-electron chi connectivity index (χ2n) is 1.55. The molecule has 0 rings (SSSR count). The van der Waals surface area contributed by atoms with Crippen LogP contribution in [0.5, 0.6) is 0 Å². The zero-order chi connectivity index (χ0) is 8.04. The van der Waals surface area contributed by atoms with Crippen LogP contribution in [0.1, 0.15) is 6.92 Å². The molecule has 0 bridgehead atoms.